The fraction of sp³-hybridized carbons (Fsp3) is 1.00. The molecule has 0 aromatic rings. The molecule has 0 aromatic carbocycles. The van der Waals surface area contributed by atoms with Crippen LogP contribution in [0.2, 0.25) is 0 Å². The van der Waals surface area contributed by atoms with Gasteiger partial charge in [0, 0.05) is 5.54 Å². The van der Waals surface area contributed by atoms with E-state index in [1.165, 1.54) is 45.2 Å². The second-order valence-corrected chi connectivity index (χ2v) is 5.06. The molecule has 1 nitrogen and oxygen atoms in total. The van der Waals surface area contributed by atoms with E-state index in [2.05, 4.69) is 11.8 Å². The van der Waals surface area contributed by atoms with Crippen molar-refractivity contribution < 1.29 is 0 Å². The van der Waals surface area contributed by atoms with Crippen molar-refractivity contribution in [1.29, 1.82) is 0 Å². The van der Waals surface area contributed by atoms with E-state index in [-0.39, 0.29) is 0 Å². The Morgan fingerprint density at radius 2 is 1.58 bits per heavy atom. The van der Waals surface area contributed by atoms with Gasteiger partial charge in [-0.25, -0.2) is 0 Å². The van der Waals surface area contributed by atoms with Crippen LogP contribution in [0.5, 0.6) is 0 Å². The third-order valence-electron chi connectivity index (χ3n) is 4.70. The molecule has 1 heterocycles. The molecule has 68 valence electrons. The van der Waals surface area contributed by atoms with E-state index < -0.39 is 0 Å². The van der Waals surface area contributed by atoms with E-state index in [1.54, 1.807) is 0 Å². The molecule has 3 fully saturated rings. The van der Waals surface area contributed by atoms with E-state index in [4.69, 9.17) is 0 Å². The van der Waals surface area contributed by atoms with Gasteiger partial charge in [0.1, 0.15) is 0 Å². The molecular formula is C11H19N. The van der Waals surface area contributed by atoms with Crippen molar-refractivity contribution in [2.45, 2.75) is 44.6 Å². The van der Waals surface area contributed by atoms with E-state index in [1.807, 2.05) is 0 Å². The minimum atomic E-state index is 0.675. The lowest BCUT2D eigenvalue weighted by atomic mass is 10.1. The van der Waals surface area contributed by atoms with E-state index >= 15 is 0 Å². The first-order valence-corrected chi connectivity index (χ1v) is 5.58. The predicted octanol–water partition coefficient (Wildman–Crippen LogP) is 2.27. The summed E-state index contributed by atoms with van der Waals surface area (Å²) in [4.78, 5) is 2.78. The molecule has 3 rings (SSSR count). The lowest BCUT2D eigenvalue weighted by molar-refractivity contribution is 0.195. The van der Waals surface area contributed by atoms with Crippen LogP contribution in [0, 0.1) is 11.8 Å². The standard InChI is InChI=1S/C11H19N/c1-11(12-7-2-3-8-12)9-5-4-6-10(9)11/h9-10H,2-8H2,1H3/t9-,10+,11?. The minimum Gasteiger partial charge on any atom is -0.297 e. The molecular weight excluding hydrogens is 146 g/mol. The van der Waals surface area contributed by atoms with Crippen LogP contribution in [-0.2, 0) is 0 Å². The van der Waals surface area contributed by atoms with Crippen LogP contribution in [0.15, 0.2) is 0 Å². The van der Waals surface area contributed by atoms with E-state index in [9.17, 15) is 0 Å². The van der Waals surface area contributed by atoms with Gasteiger partial charge in [0.05, 0.1) is 0 Å². The molecule has 2 saturated carbocycles. The highest BCUT2D eigenvalue weighted by atomic mass is 15.3. The Morgan fingerprint density at radius 3 is 2.17 bits per heavy atom. The Labute approximate surface area is 75.1 Å². The topological polar surface area (TPSA) is 3.24 Å². The molecule has 2 aliphatic carbocycles. The van der Waals surface area contributed by atoms with Crippen LogP contribution >= 0.6 is 0 Å². The van der Waals surface area contributed by atoms with Crippen LogP contribution in [0.1, 0.15) is 39.0 Å². The molecule has 0 radical (unpaired) electrons. The molecule has 0 amide bonds. The van der Waals surface area contributed by atoms with Crippen molar-refractivity contribution in [2.24, 2.45) is 11.8 Å². The molecule has 1 unspecified atom stereocenters. The number of nitrogens with zero attached hydrogens (tertiary/aromatic N) is 1. The zero-order valence-corrected chi connectivity index (χ0v) is 8.05. The Bertz CT molecular complexity index is 183. The predicted molar refractivity (Wildman–Crippen MR) is 50.0 cm³/mol. The average Bonchev–Trinajstić information content (AvgIpc) is 2.62. The quantitative estimate of drug-likeness (QED) is 0.576. The normalized spacial score (nSPS) is 52.8. The summed E-state index contributed by atoms with van der Waals surface area (Å²) in [5.74, 6) is 2.19. The SMILES string of the molecule is CC1(N2CCCC2)[C@@H]2CCC[C@@H]21. The van der Waals surface area contributed by atoms with Gasteiger partial charge in [-0.2, -0.15) is 0 Å². The van der Waals surface area contributed by atoms with Crippen molar-refractivity contribution in [3.63, 3.8) is 0 Å². The summed E-state index contributed by atoms with van der Waals surface area (Å²) in [5.41, 5.74) is 0.675. The number of hydrogen-bond acceptors (Lipinski definition) is 1. The monoisotopic (exact) mass is 165 g/mol. The molecule has 0 N–H and O–H groups in total. The van der Waals surface area contributed by atoms with Crippen molar-refractivity contribution in [3.05, 3.63) is 0 Å². The van der Waals surface area contributed by atoms with Crippen molar-refractivity contribution >= 4 is 0 Å². The molecule has 1 heteroatoms. The molecule has 3 atom stereocenters. The van der Waals surface area contributed by atoms with Crippen LogP contribution in [-0.4, -0.2) is 23.5 Å². The van der Waals surface area contributed by atoms with Crippen LogP contribution in [0.4, 0.5) is 0 Å². The summed E-state index contributed by atoms with van der Waals surface area (Å²) in [6.45, 7) is 5.31. The van der Waals surface area contributed by atoms with Crippen molar-refractivity contribution in [3.8, 4) is 0 Å². The maximum absolute atomic E-state index is 2.78. The second kappa shape index (κ2) is 2.25. The zero-order valence-electron chi connectivity index (χ0n) is 8.05. The maximum Gasteiger partial charge on any atom is 0.0244 e. The Kier molecular flexibility index (Phi) is 1.39. The van der Waals surface area contributed by atoms with Gasteiger partial charge < -0.3 is 0 Å². The Morgan fingerprint density at radius 1 is 1.00 bits per heavy atom. The zero-order chi connectivity index (χ0) is 8.18. The highest BCUT2D eigenvalue weighted by Crippen LogP contribution is 2.63. The second-order valence-electron chi connectivity index (χ2n) is 5.06. The van der Waals surface area contributed by atoms with Crippen LogP contribution in [0.25, 0.3) is 0 Å². The first-order chi connectivity index (χ1) is 5.83. The highest BCUT2D eigenvalue weighted by molar-refractivity contribution is 5.18. The van der Waals surface area contributed by atoms with E-state index in [0.717, 1.165) is 11.8 Å². The fourth-order valence-corrected chi connectivity index (χ4v) is 3.89. The van der Waals surface area contributed by atoms with Crippen LogP contribution in [0.3, 0.4) is 0 Å². The van der Waals surface area contributed by atoms with Crippen molar-refractivity contribution in [2.75, 3.05) is 13.1 Å². The molecule has 0 spiro atoms. The van der Waals surface area contributed by atoms with E-state index in [0.29, 0.717) is 5.54 Å². The number of likely N-dealkylation sites (tertiary alicyclic amines) is 1. The molecule has 3 aliphatic rings. The van der Waals surface area contributed by atoms with Gasteiger partial charge in [-0.15, -0.1) is 0 Å². The summed E-state index contributed by atoms with van der Waals surface area (Å²) in [6.07, 6.45) is 7.47. The molecule has 1 saturated heterocycles. The lowest BCUT2D eigenvalue weighted by Gasteiger charge is -2.27. The molecule has 1 aliphatic heterocycles. The van der Waals surface area contributed by atoms with Gasteiger partial charge in [-0.1, -0.05) is 6.42 Å². The highest BCUT2D eigenvalue weighted by Gasteiger charge is 2.65. The van der Waals surface area contributed by atoms with Gasteiger partial charge in [0.25, 0.3) is 0 Å². The summed E-state index contributed by atoms with van der Waals surface area (Å²) in [6, 6.07) is 0. The summed E-state index contributed by atoms with van der Waals surface area (Å²) < 4.78 is 0. The first kappa shape index (κ1) is 7.37. The van der Waals surface area contributed by atoms with Gasteiger partial charge in [-0.3, -0.25) is 4.90 Å². The van der Waals surface area contributed by atoms with Gasteiger partial charge in [-0.05, 0) is 57.5 Å². The minimum absolute atomic E-state index is 0.675. The smallest absolute Gasteiger partial charge is 0.0244 e. The van der Waals surface area contributed by atoms with Crippen LogP contribution < -0.4 is 0 Å². The molecule has 0 aromatic heterocycles. The molecule has 12 heavy (non-hydrogen) atoms. The Hall–Kier alpha value is -0.0400. The summed E-state index contributed by atoms with van der Waals surface area (Å²) in [5, 5.41) is 0. The number of hydrogen-bond donors (Lipinski definition) is 0. The lowest BCUT2D eigenvalue weighted by Crippen LogP contribution is -2.36. The third kappa shape index (κ3) is 0.736. The van der Waals surface area contributed by atoms with Gasteiger partial charge in [0.15, 0.2) is 0 Å². The first-order valence-electron chi connectivity index (χ1n) is 5.58. The number of rotatable bonds is 1. The maximum atomic E-state index is 2.78. The third-order valence-corrected chi connectivity index (χ3v) is 4.70. The summed E-state index contributed by atoms with van der Waals surface area (Å²) in [7, 11) is 0. The fourth-order valence-electron chi connectivity index (χ4n) is 3.89. The summed E-state index contributed by atoms with van der Waals surface area (Å²) >= 11 is 0. The van der Waals surface area contributed by atoms with Gasteiger partial charge >= 0.3 is 0 Å². The molecule has 0 bridgehead atoms. The number of fused-ring (bicyclic) bond motifs is 1. The van der Waals surface area contributed by atoms with Gasteiger partial charge in [0.2, 0.25) is 0 Å². The average molecular weight is 165 g/mol. The van der Waals surface area contributed by atoms with Crippen molar-refractivity contribution in [1.82, 2.24) is 4.90 Å². The Balaban J connectivity index is 1.76. The largest absolute Gasteiger partial charge is 0.297 e.